The molecule has 0 radical (unpaired) electrons. The minimum absolute atomic E-state index is 0.0614. The molecule has 0 unspecified atom stereocenters. The van der Waals surface area contributed by atoms with E-state index in [1.54, 1.807) is 32.2 Å². The van der Waals surface area contributed by atoms with E-state index in [1.165, 1.54) is 12.1 Å². The molecule has 0 aliphatic heterocycles. The minimum Gasteiger partial charge on any atom is -0.322 e. The quantitative estimate of drug-likeness (QED) is 0.608. The second kappa shape index (κ2) is 7.73. The molecular formula is C19H20N4O3S. The van der Waals surface area contributed by atoms with E-state index in [1.807, 2.05) is 24.3 Å². The molecule has 1 amide bonds. The molecule has 7 nitrogen and oxygen atoms in total. The molecule has 0 bridgehead atoms. The third-order valence-corrected chi connectivity index (χ3v) is 5.57. The van der Waals surface area contributed by atoms with Gasteiger partial charge in [0.15, 0.2) is 0 Å². The maximum absolute atomic E-state index is 12.7. The molecule has 0 spiro atoms. The Labute approximate surface area is 157 Å². The molecule has 0 saturated heterocycles. The van der Waals surface area contributed by atoms with Gasteiger partial charge in [0.1, 0.15) is 0 Å². The fraction of sp³-hybridized carbons (Fsp3) is 0.158. The van der Waals surface area contributed by atoms with Gasteiger partial charge in [-0.1, -0.05) is 25.1 Å². The zero-order valence-electron chi connectivity index (χ0n) is 15.0. The van der Waals surface area contributed by atoms with E-state index in [0.717, 1.165) is 11.3 Å². The number of nitrogens with one attached hydrogen (secondary N) is 3. The Morgan fingerprint density at radius 3 is 2.67 bits per heavy atom. The number of rotatable bonds is 6. The van der Waals surface area contributed by atoms with Crippen molar-refractivity contribution in [2.24, 2.45) is 0 Å². The van der Waals surface area contributed by atoms with Crippen molar-refractivity contribution >= 4 is 21.6 Å². The Morgan fingerprint density at radius 2 is 1.96 bits per heavy atom. The average Bonchev–Trinajstić information content (AvgIpc) is 3.16. The summed E-state index contributed by atoms with van der Waals surface area (Å²) in [6, 6.07) is 13.7. The third-order valence-electron chi connectivity index (χ3n) is 4.03. The Bertz CT molecular complexity index is 1060. The van der Waals surface area contributed by atoms with Crippen molar-refractivity contribution < 1.29 is 13.2 Å². The van der Waals surface area contributed by atoms with Gasteiger partial charge in [0.05, 0.1) is 10.6 Å². The average molecular weight is 384 g/mol. The monoisotopic (exact) mass is 384 g/mol. The lowest BCUT2D eigenvalue weighted by molar-refractivity contribution is 0.102. The zero-order chi connectivity index (χ0) is 19.4. The largest absolute Gasteiger partial charge is 0.322 e. The van der Waals surface area contributed by atoms with Crippen LogP contribution in [-0.4, -0.2) is 31.1 Å². The highest BCUT2D eigenvalue weighted by Crippen LogP contribution is 2.22. The molecule has 1 heterocycles. The van der Waals surface area contributed by atoms with Crippen LogP contribution < -0.4 is 10.0 Å². The molecule has 27 heavy (non-hydrogen) atoms. The van der Waals surface area contributed by atoms with Gasteiger partial charge < -0.3 is 5.32 Å². The van der Waals surface area contributed by atoms with Crippen molar-refractivity contribution in [1.82, 2.24) is 14.9 Å². The van der Waals surface area contributed by atoms with Crippen LogP contribution in [0.1, 0.15) is 22.8 Å². The first-order valence-electron chi connectivity index (χ1n) is 8.42. The number of anilines is 1. The molecule has 2 aromatic carbocycles. The van der Waals surface area contributed by atoms with Crippen LogP contribution in [0.3, 0.4) is 0 Å². The van der Waals surface area contributed by atoms with Crippen molar-refractivity contribution in [2.75, 3.05) is 11.9 Å². The van der Waals surface area contributed by atoms with Crippen molar-refractivity contribution in [3.8, 4) is 11.3 Å². The third kappa shape index (κ3) is 4.24. The molecule has 0 aliphatic carbocycles. The van der Waals surface area contributed by atoms with Crippen LogP contribution in [0.2, 0.25) is 0 Å². The first-order chi connectivity index (χ1) is 12.9. The molecule has 1 aromatic heterocycles. The number of carbonyl (C=O) groups is 1. The van der Waals surface area contributed by atoms with Gasteiger partial charge in [-0.2, -0.15) is 5.10 Å². The molecule has 0 aliphatic rings. The van der Waals surface area contributed by atoms with Gasteiger partial charge in [0.25, 0.3) is 5.91 Å². The maximum Gasteiger partial charge on any atom is 0.255 e. The second-order valence-corrected chi connectivity index (χ2v) is 7.75. The number of nitrogens with zero attached hydrogens (tertiary/aromatic N) is 1. The summed E-state index contributed by atoms with van der Waals surface area (Å²) < 4.78 is 26.8. The smallest absolute Gasteiger partial charge is 0.255 e. The predicted molar refractivity (Wildman–Crippen MR) is 104 cm³/mol. The first-order valence-corrected chi connectivity index (χ1v) is 9.90. The lowest BCUT2D eigenvalue weighted by Gasteiger charge is -2.11. The van der Waals surface area contributed by atoms with E-state index >= 15 is 0 Å². The fourth-order valence-corrected chi connectivity index (χ4v) is 3.73. The minimum atomic E-state index is -3.63. The molecule has 3 N–H and O–H groups in total. The van der Waals surface area contributed by atoms with Crippen molar-refractivity contribution in [2.45, 2.75) is 18.7 Å². The highest BCUT2D eigenvalue weighted by molar-refractivity contribution is 7.89. The molecule has 3 rings (SSSR count). The van der Waals surface area contributed by atoms with Crippen molar-refractivity contribution in [1.29, 1.82) is 0 Å². The van der Waals surface area contributed by atoms with E-state index in [0.29, 0.717) is 16.8 Å². The standard InChI is InChI=1S/C19H20N4O3S/c1-3-21-27(25,26)16-8-7-13(2)17(12-16)19(24)22-15-6-4-5-14(11-15)18-9-10-20-23-18/h4-12,21H,3H2,1-2H3,(H,20,23)(H,22,24). The first kappa shape index (κ1) is 18.8. The number of hydrogen-bond acceptors (Lipinski definition) is 4. The second-order valence-electron chi connectivity index (χ2n) is 5.98. The van der Waals surface area contributed by atoms with Crippen LogP contribution in [-0.2, 0) is 10.0 Å². The molecular weight excluding hydrogens is 364 g/mol. The van der Waals surface area contributed by atoms with Crippen molar-refractivity contribution in [3.63, 3.8) is 0 Å². The normalized spacial score (nSPS) is 11.3. The number of aromatic nitrogens is 2. The number of sulfonamides is 1. The van der Waals surface area contributed by atoms with Gasteiger partial charge in [-0.15, -0.1) is 0 Å². The van der Waals surface area contributed by atoms with Gasteiger partial charge in [-0.3, -0.25) is 9.89 Å². The highest BCUT2D eigenvalue weighted by Gasteiger charge is 2.17. The van der Waals surface area contributed by atoms with E-state index in [4.69, 9.17) is 0 Å². The number of carbonyl (C=O) groups excluding carboxylic acids is 1. The number of benzene rings is 2. The van der Waals surface area contributed by atoms with Gasteiger partial charge in [0, 0.05) is 29.6 Å². The Kier molecular flexibility index (Phi) is 5.38. The van der Waals surface area contributed by atoms with Crippen molar-refractivity contribution in [3.05, 3.63) is 65.9 Å². The summed E-state index contributed by atoms with van der Waals surface area (Å²) in [5.74, 6) is -0.372. The lowest BCUT2D eigenvalue weighted by atomic mass is 10.1. The number of aryl methyl sites for hydroxylation is 1. The number of amides is 1. The van der Waals surface area contributed by atoms with Crippen LogP contribution in [0, 0.1) is 6.92 Å². The molecule has 140 valence electrons. The fourth-order valence-electron chi connectivity index (χ4n) is 2.67. The molecule has 8 heteroatoms. The maximum atomic E-state index is 12.7. The van der Waals surface area contributed by atoms with Crippen LogP contribution in [0.25, 0.3) is 11.3 Å². The topological polar surface area (TPSA) is 104 Å². The summed E-state index contributed by atoms with van der Waals surface area (Å²) in [6.45, 7) is 3.74. The predicted octanol–water partition coefficient (Wildman–Crippen LogP) is 2.94. The molecule has 0 fully saturated rings. The van der Waals surface area contributed by atoms with E-state index in [2.05, 4.69) is 20.2 Å². The van der Waals surface area contributed by atoms with Crippen LogP contribution >= 0.6 is 0 Å². The van der Waals surface area contributed by atoms with Gasteiger partial charge in [0.2, 0.25) is 10.0 Å². The molecule has 0 saturated carbocycles. The zero-order valence-corrected chi connectivity index (χ0v) is 15.8. The summed E-state index contributed by atoms with van der Waals surface area (Å²) in [7, 11) is -3.63. The summed E-state index contributed by atoms with van der Waals surface area (Å²) in [5, 5.41) is 9.62. The molecule has 0 atom stereocenters. The highest BCUT2D eigenvalue weighted by atomic mass is 32.2. The SMILES string of the molecule is CCNS(=O)(=O)c1ccc(C)c(C(=O)Nc2cccc(-c3ccn[nH]3)c2)c1. The summed E-state index contributed by atoms with van der Waals surface area (Å²) in [4.78, 5) is 12.8. The summed E-state index contributed by atoms with van der Waals surface area (Å²) >= 11 is 0. The van der Waals surface area contributed by atoms with E-state index in [-0.39, 0.29) is 17.3 Å². The lowest BCUT2D eigenvalue weighted by Crippen LogP contribution is -2.24. The Hall–Kier alpha value is -2.97. The summed E-state index contributed by atoms with van der Waals surface area (Å²) in [5.41, 5.74) is 3.31. The number of aromatic amines is 1. The molecule has 3 aromatic rings. The Balaban J connectivity index is 1.88. The Morgan fingerprint density at radius 1 is 1.15 bits per heavy atom. The van der Waals surface area contributed by atoms with E-state index in [9.17, 15) is 13.2 Å². The van der Waals surface area contributed by atoms with Gasteiger partial charge >= 0.3 is 0 Å². The van der Waals surface area contributed by atoms with E-state index < -0.39 is 10.0 Å². The van der Waals surface area contributed by atoms with Gasteiger partial charge in [-0.05, 0) is 42.8 Å². The number of H-pyrrole nitrogens is 1. The summed E-state index contributed by atoms with van der Waals surface area (Å²) in [6.07, 6.45) is 1.65. The number of hydrogen-bond donors (Lipinski definition) is 3. The van der Waals surface area contributed by atoms with Gasteiger partial charge in [-0.25, -0.2) is 13.1 Å². The van der Waals surface area contributed by atoms with Crippen LogP contribution in [0.5, 0.6) is 0 Å². The van der Waals surface area contributed by atoms with Crippen LogP contribution in [0.15, 0.2) is 59.6 Å². The van der Waals surface area contributed by atoms with Crippen LogP contribution in [0.4, 0.5) is 5.69 Å².